The molecule has 7 atom stereocenters. The van der Waals surface area contributed by atoms with Gasteiger partial charge in [-0.3, -0.25) is 4.79 Å². The van der Waals surface area contributed by atoms with Gasteiger partial charge in [-0.25, -0.2) is 0 Å². The second-order valence-corrected chi connectivity index (χ2v) is 14.1. The molecule has 0 bridgehead atoms. The molecule has 7 unspecified atom stereocenters. The number of aliphatic hydroxyl groups is 5. The molecule has 0 aliphatic carbocycles. The van der Waals surface area contributed by atoms with E-state index in [1.54, 1.807) is 6.08 Å². The maximum absolute atomic E-state index is 12.9. The van der Waals surface area contributed by atoms with Crippen molar-refractivity contribution in [3.8, 4) is 0 Å². The minimum Gasteiger partial charge on any atom is -0.394 e. The molecule has 1 fully saturated rings. The zero-order chi connectivity index (χ0) is 36.0. The first-order valence-corrected chi connectivity index (χ1v) is 20.1. The van der Waals surface area contributed by atoms with Crippen LogP contribution >= 0.6 is 0 Å². The largest absolute Gasteiger partial charge is 0.394 e. The molecule has 0 radical (unpaired) electrons. The number of ether oxygens (including phenoxy) is 2. The third-order valence-corrected chi connectivity index (χ3v) is 9.53. The summed E-state index contributed by atoms with van der Waals surface area (Å²) in [5.74, 6) is -0.189. The maximum atomic E-state index is 12.9. The van der Waals surface area contributed by atoms with E-state index in [-0.39, 0.29) is 12.5 Å². The van der Waals surface area contributed by atoms with E-state index in [1.165, 1.54) is 109 Å². The van der Waals surface area contributed by atoms with Gasteiger partial charge in [0.2, 0.25) is 5.91 Å². The van der Waals surface area contributed by atoms with Crippen molar-refractivity contribution in [2.75, 3.05) is 13.2 Å². The maximum Gasteiger partial charge on any atom is 0.220 e. The van der Waals surface area contributed by atoms with Gasteiger partial charge in [-0.05, 0) is 32.1 Å². The molecule has 1 amide bonds. The van der Waals surface area contributed by atoms with Gasteiger partial charge in [-0.15, -0.1) is 0 Å². The van der Waals surface area contributed by atoms with E-state index in [0.29, 0.717) is 6.42 Å². The minimum absolute atomic E-state index is 0.189. The predicted molar refractivity (Wildman–Crippen MR) is 198 cm³/mol. The molecule has 9 nitrogen and oxygen atoms in total. The van der Waals surface area contributed by atoms with Gasteiger partial charge in [0.05, 0.1) is 25.4 Å². The highest BCUT2D eigenvalue weighted by molar-refractivity contribution is 5.76. The quantitative estimate of drug-likeness (QED) is 0.0320. The van der Waals surface area contributed by atoms with E-state index in [4.69, 9.17) is 9.47 Å². The third-order valence-electron chi connectivity index (χ3n) is 9.53. The molecule has 288 valence electrons. The molecule has 49 heavy (non-hydrogen) atoms. The zero-order valence-corrected chi connectivity index (χ0v) is 31.2. The van der Waals surface area contributed by atoms with Crippen LogP contribution in [0.3, 0.4) is 0 Å². The molecule has 0 spiro atoms. The molecule has 9 heteroatoms. The molecule has 1 heterocycles. The molecule has 0 aromatic rings. The fourth-order valence-corrected chi connectivity index (χ4v) is 6.23. The summed E-state index contributed by atoms with van der Waals surface area (Å²) in [6.07, 6.45) is 27.9. The monoisotopic (exact) mass is 698 g/mol. The van der Waals surface area contributed by atoms with E-state index in [9.17, 15) is 30.3 Å². The average molecular weight is 698 g/mol. The van der Waals surface area contributed by atoms with Crippen LogP contribution in [-0.4, -0.2) is 87.5 Å². The summed E-state index contributed by atoms with van der Waals surface area (Å²) in [6, 6.07) is -0.814. The van der Waals surface area contributed by atoms with E-state index >= 15 is 0 Å². The number of rotatable bonds is 32. The first-order chi connectivity index (χ1) is 23.8. The SMILES string of the molecule is CCCCCCCCCC/C=C/CC/C=C/C(O)C(COC1OC(CO)C(O)C(O)C1O)NC(=O)CCCCCCCCCCCCCC. The molecule has 1 aliphatic rings. The molecule has 1 rings (SSSR count). The first kappa shape index (κ1) is 45.7. The topological polar surface area (TPSA) is 149 Å². The number of unbranched alkanes of at least 4 members (excludes halogenated alkanes) is 20. The van der Waals surface area contributed by atoms with Crippen LogP contribution in [0.4, 0.5) is 0 Å². The lowest BCUT2D eigenvalue weighted by molar-refractivity contribution is -0.302. The summed E-state index contributed by atoms with van der Waals surface area (Å²) in [6.45, 7) is 3.72. The smallest absolute Gasteiger partial charge is 0.220 e. The van der Waals surface area contributed by atoms with Gasteiger partial charge in [0.25, 0.3) is 0 Å². The molecular weight excluding hydrogens is 622 g/mol. The Morgan fingerprint density at radius 1 is 0.673 bits per heavy atom. The van der Waals surface area contributed by atoms with Gasteiger partial charge < -0.3 is 40.3 Å². The van der Waals surface area contributed by atoms with Gasteiger partial charge in [0.15, 0.2) is 6.29 Å². The number of allylic oxidation sites excluding steroid dienone is 3. The van der Waals surface area contributed by atoms with E-state index in [2.05, 4.69) is 31.3 Å². The van der Waals surface area contributed by atoms with Crippen LogP contribution in [0, 0.1) is 0 Å². The van der Waals surface area contributed by atoms with Crippen LogP contribution in [0.1, 0.15) is 168 Å². The van der Waals surface area contributed by atoms with Crippen molar-refractivity contribution in [3.05, 3.63) is 24.3 Å². The molecule has 0 aromatic heterocycles. The Morgan fingerprint density at radius 2 is 1.16 bits per heavy atom. The van der Waals surface area contributed by atoms with E-state index in [1.807, 2.05) is 6.08 Å². The second kappa shape index (κ2) is 31.4. The number of aliphatic hydroxyl groups excluding tert-OH is 5. The van der Waals surface area contributed by atoms with Crippen LogP contribution < -0.4 is 5.32 Å². The number of nitrogens with one attached hydrogen (secondary N) is 1. The Morgan fingerprint density at radius 3 is 1.71 bits per heavy atom. The van der Waals surface area contributed by atoms with Crippen LogP contribution in [0.15, 0.2) is 24.3 Å². The van der Waals surface area contributed by atoms with Gasteiger partial charge in [0.1, 0.15) is 24.4 Å². The van der Waals surface area contributed by atoms with Gasteiger partial charge in [-0.2, -0.15) is 0 Å². The Labute approximate surface area is 298 Å². The Kier molecular flexibility index (Phi) is 29.3. The summed E-state index contributed by atoms with van der Waals surface area (Å²) in [5.41, 5.74) is 0. The standard InChI is InChI=1S/C40H75NO8/c1-3-5-7-9-11-13-15-17-18-19-21-23-25-27-29-34(43)33(32-48-40-39(47)38(46)37(45)35(31-42)49-40)41-36(44)30-28-26-24-22-20-16-14-12-10-8-6-4-2/h19,21,27,29,33-35,37-40,42-43,45-47H,3-18,20,22-26,28,30-32H2,1-2H3,(H,41,44)/b21-19+,29-27+. The zero-order valence-electron chi connectivity index (χ0n) is 31.2. The second-order valence-electron chi connectivity index (χ2n) is 14.1. The van der Waals surface area contributed by atoms with Crippen molar-refractivity contribution >= 4 is 5.91 Å². The van der Waals surface area contributed by atoms with E-state index < -0.39 is 49.5 Å². The van der Waals surface area contributed by atoms with Crippen molar-refractivity contribution in [3.63, 3.8) is 0 Å². The van der Waals surface area contributed by atoms with Crippen molar-refractivity contribution in [1.29, 1.82) is 0 Å². The van der Waals surface area contributed by atoms with Gasteiger partial charge in [-0.1, -0.05) is 154 Å². The molecule has 1 aliphatic heterocycles. The number of hydrogen-bond donors (Lipinski definition) is 6. The summed E-state index contributed by atoms with van der Waals surface area (Å²) < 4.78 is 11.1. The van der Waals surface area contributed by atoms with Crippen molar-refractivity contribution in [2.45, 2.75) is 211 Å². The summed E-state index contributed by atoms with van der Waals surface area (Å²) in [4.78, 5) is 12.9. The lowest BCUT2D eigenvalue weighted by Crippen LogP contribution is -2.60. The highest BCUT2D eigenvalue weighted by Crippen LogP contribution is 2.22. The highest BCUT2D eigenvalue weighted by atomic mass is 16.7. The summed E-state index contributed by atoms with van der Waals surface area (Å²) >= 11 is 0. The van der Waals surface area contributed by atoms with Crippen LogP contribution in [-0.2, 0) is 14.3 Å². The third kappa shape index (κ3) is 23.0. The normalized spacial score (nSPS) is 22.6. The number of hydrogen-bond acceptors (Lipinski definition) is 8. The molecule has 0 aromatic carbocycles. The molecule has 6 N–H and O–H groups in total. The number of amides is 1. The number of carbonyl (C=O) groups is 1. The van der Waals surface area contributed by atoms with Crippen molar-refractivity contribution < 1.29 is 39.8 Å². The Balaban J connectivity index is 2.47. The predicted octanol–water partition coefficient (Wildman–Crippen LogP) is 7.16. The van der Waals surface area contributed by atoms with Crippen LogP contribution in [0.2, 0.25) is 0 Å². The van der Waals surface area contributed by atoms with Gasteiger partial charge >= 0.3 is 0 Å². The number of carbonyl (C=O) groups excluding carboxylic acids is 1. The van der Waals surface area contributed by atoms with Crippen LogP contribution in [0.25, 0.3) is 0 Å². The Bertz CT molecular complexity index is 822. The average Bonchev–Trinajstić information content (AvgIpc) is 3.10. The van der Waals surface area contributed by atoms with Gasteiger partial charge in [0, 0.05) is 6.42 Å². The minimum atomic E-state index is -1.57. The molecule has 1 saturated heterocycles. The first-order valence-electron chi connectivity index (χ1n) is 20.1. The van der Waals surface area contributed by atoms with Crippen molar-refractivity contribution in [1.82, 2.24) is 5.32 Å². The van der Waals surface area contributed by atoms with Crippen molar-refractivity contribution in [2.24, 2.45) is 0 Å². The summed E-state index contributed by atoms with van der Waals surface area (Å²) in [5, 5.41) is 53.9. The van der Waals surface area contributed by atoms with Crippen LogP contribution in [0.5, 0.6) is 0 Å². The highest BCUT2D eigenvalue weighted by Gasteiger charge is 2.44. The summed E-state index contributed by atoms with van der Waals surface area (Å²) in [7, 11) is 0. The molecular formula is C40H75NO8. The van der Waals surface area contributed by atoms with E-state index in [0.717, 1.165) is 38.5 Å². The Hall–Kier alpha value is -1.33. The lowest BCUT2D eigenvalue weighted by atomic mass is 9.99. The fourth-order valence-electron chi connectivity index (χ4n) is 6.23. The molecule has 0 saturated carbocycles. The lowest BCUT2D eigenvalue weighted by Gasteiger charge is -2.40. The fraction of sp³-hybridized carbons (Fsp3) is 0.875.